The summed E-state index contributed by atoms with van der Waals surface area (Å²) in [6, 6.07) is 24.6. The third-order valence-electron chi connectivity index (χ3n) is 4.87. The predicted octanol–water partition coefficient (Wildman–Crippen LogP) is 4.62. The predicted molar refractivity (Wildman–Crippen MR) is 126 cm³/mol. The minimum absolute atomic E-state index is 0.0941. The van der Waals surface area contributed by atoms with Crippen LogP contribution < -0.4 is 9.46 Å². The number of para-hydroxylation sites is 1. The molecule has 0 spiro atoms. The molecule has 0 bridgehead atoms. The van der Waals surface area contributed by atoms with E-state index in [2.05, 4.69) is 19.8 Å². The summed E-state index contributed by atoms with van der Waals surface area (Å²) < 4.78 is 35.8. The van der Waals surface area contributed by atoms with Crippen molar-refractivity contribution >= 4 is 26.9 Å². The molecule has 3 aromatic carbocycles. The summed E-state index contributed by atoms with van der Waals surface area (Å²) >= 11 is 0. The molecular formula is C24H19N5O3S. The average molecular weight is 458 g/mol. The van der Waals surface area contributed by atoms with E-state index in [1.165, 1.54) is 12.1 Å². The van der Waals surface area contributed by atoms with Crippen molar-refractivity contribution in [3.05, 3.63) is 91.1 Å². The Balaban J connectivity index is 1.58. The Kier molecular flexibility index (Phi) is 5.23. The number of ether oxygens (including phenoxy) is 1. The van der Waals surface area contributed by atoms with Crippen molar-refractivity contribution in [3.63, 3.8) is 0 Å². The van der Waals surface area contributed by atoms with Crippen LogP contribution in [0.3, 0.4) is 0 Å². The number of aromatic nitrogens is 4. The number of hydrogen-bond acceptors (Lipinski definition) is 6. The number of fused-ring (bicyclic) bond motifs is 1. The van der Waals surface area contributed by atoms with Gasteiger partial charge in [-0.3, -0.25) is 4.68 Å². The van der Waals surface area contributed by atoms with Crippen molar-refractivity contribution in [3.8, 4) is 22.9 Å². The standard InChI is InChI=1S/C24H19N5O3S/c1-29-16-18-13-12-17(14-22(18)27-29)21-15-23(32-19-8-4-2-5-9-19)26-24(25-21)28-33(30,31)20-10-6-3-7-11-20/h2-16H,1H3,(H,25,26,28). The first-order valence-electron chi connectivity index (χ1n) is 10.1. The molecule has 8 nitrogen and oxygen atoms in total. The zero-order valence-corrected chi connectivity index (χ0v) is 18.4. The van der Waals surface area contributed by atoms with Crippen LogP contribution in [0, 0.1) is 0 Å². The smallest absolute Gasteiger partial charge is 0.264 e. The van der Waals surface area contributed by atoms with Gasteiger partial charge < -0.3 is 4.74 Å². The lowest BCUT2D eigenvalue weighted by atomic mass is 10.1. The third kappa shape index (κ3) is 4.53. The van der Waals surface area contributed by atoms with E-state index in [1.54, 1.807) is 41.1 Å². The van der Waals surface area contributed by atoms with E-state index in [0.29, 0.717) is 11.4 Å². The fraction of sp³-hybridized carbons (Fsp3) is 0.0417. The molecule has 0 saturated heterocycles. The number of anilines is 1. The average Bonchev–Trinajstić information content (AvgIpc) is 3.19. The summed E-state index contributed by atoms with van der Waals surface area (Å²) in [5.41, 5.74) is 2.04. The van der Waals surface area contributed by atoms with Gasteiger partial charge in [0, 0.05) is 30.3 Å². The molecule has 2 aromatic heterocycles. The molecule has 5 aromatic rings. The molecule has 2 heterocycles. The van der Waals surface area contributed by atoms with Gasteiger partial charge in [-0.2, -0.15) is 10.1 Å². The van der Waals surface area contributed by atoms with E-state index in [-0.39, 0.29) is 16.7 Å². The van der Waals surface area contributed by atoms with E-state index in [4.69, 9.17) is 4.74 Å². The van der Waals surface area contributed by atoms with Gasteiger partial charge in [0.1, 0.15) is 5.75 Å². The lowest BCUT2D eigenvalue weighted by Gasteiger charge is -2.11. The summed E-state index contributed by atoms with van der Waals surface area (Å²) in [5.74, 6) is 0.681. The Morgan fingerprint density at radius 2 is 1.61 bits per heavy atom. The Morgan fingerprint density at radius 3 is 2.36 bits per heavy atom. The van der Waals surface area contributed by atoms with Gasteiger partial charge in [-0.1, -0.05) is 48.5 Å². The van der Waals surface area contributed by atoms with Crippen LogP contribution in [-0.2, 0) is 17.1 Å². The largest absolute Gasteiger partial charge is 0.439 e. The Morgan fingerprint density at radius 1 is 0.879 bits per heavy atom. The molecule has 1 N–H and O–H groups in total. The maximum Gasteiger partial charge on any atom is 0.264 e. The molecule has 0 radical (unpaired) electrons. The monoisotopic (exact) mass is 457 g/mol. The maximum absolute atomic E-state index is 12.9. The second-order valence-corrected chi connectivity index (χ2v) is 9.01. The maximum atomic E-state index is 12.9. The highest BCUT2D eigenvalue weighted by molar-refractivity contribution is 7.92. The molecule has 0 aliphatic heterocycles. The summed E-state index contributed by atoms with van der Waals surface area (Å²) in [5, 5.41) is 5.43. The van der Waals surface area contributed by atoms with Crippen LogP contribution in [0.2, 0.25) is 0 Å². The Bertz CT molecular complexity index is 1530. The molecule has 0 saturated carbocycles. The quantitative estimate of drug-likeness (QED) is 0.399. The number of hydrogen-bond donors (Lipinski definition) is 1. The highest BCUT2D eigenvalue weighted by atomic mass is 32.2. The number of nitrogens with one attached hydrogen (secondary N) is 1. The molecule has 0 atom stereocenters. The SMILES string of the molecule is Cn1cc2ccc(-c3cc(Oc4ccccc4)nc(NS(=O)(=O)c4ccccc4)n3)cc2n1. The fourth-order valence-corrected chi connectivity index (χ4v) is 4.32. The van der Waals surface area contributed by atoms with Gasteiger partial charge in [0.15, 0.2) is 0 Å². The van der Waals surface area contributed by atoms with Crippen molar-refractivity contribution in [2.45, 2.75) is 4.90 Å². The first-order chi connectivity index (χ1) is 16.0. The van der Waals surface area contributed by atoms with Gasteiger partial charge >= 0.3 is 0 Å². The summed E-state index contributed by atoms with van der Waals surface area (Å²) in [4.78, 5) is 8.85. The molecule has 0 amide bonds. The zero-order chi connectivity index (χ0) is 22.8. The highest BCUT2D eigenvalue weighted by Gasteiger charge is 2.18. The Hall–Kier alpha value is -4.24. The van der Waals surface area contributed by atoms with Crippen LogP contribution in [0.5, 0.6) is 11.6 Å². The number of rotatable bonds is 6. The third-order valence-corrected chi connectivity index (χ3v) is 6.21. The van der Waals surface area contributed by atoms with Crippen LogP contribution in [-0.4, -0.2) is 28.2 Å². The van der Waals surface area contributed by atoms with Crippen molar-refractivity contribution in [1.82, 2.24) is 19.7 Å². The van der Waals surface area contributed by atoms with Crippen molar-refractivity contribution in [2.24, 2.45) is 7.05 Å². The van der Waals surface area contributed by atoms with Crippen molar-refractivity contribution in [2.75, 3.05) is 4.72 Å². The number of benzene rings is 3. The first kappa shape index (κ1) is 20.7. The molecule has 0 fully saturated rings. The van der Waals surface area contributed by atoms with Crippen LogP contribution in [0.15, 0.2) is 96.0 Å². The van der Waals surface area contributed by atoms with E-state index in [0.717, 1.165) is 16.5 Å². The molecule has 33 heavy (non-hydrogen) atoms. The van der Waals surface area contributed by atoms with E-state index in [9.17, 15) is 8.42 Å². The van der Waals surface area contributed by atoms with Gasteiger partial charge in [0.05, 0.1) is 16.1 Å². The minimum atomic E-state index is -3.88. The van der Waals surface area contributed by atoms with Crippen LogP contribution in [0.1, 0.15) is 0 Å². The molecular weight excluding hydrogens is 438 g/mol. The molecule has 0 aliphatic rings. The number of sulfonamides is 1. The van der Waals surface area contributed by atoms with Crippen LogP contribution >= 0.6 is 0 Å². The number of nitrogens with zero attached hydrogens (tertiary/aromatic N) is 4. The first-order valence-corrected chi connectivity index (χ1v) is 11.6. The number of aryl methyl sites for hydroxylation is 1. The second kappa shape index (κ2) is 8.36. The topological polar surface area (TPSA) is 99.0 Å². The molecule has 5 rings (SSSR count). The summed E-state index contributed by atoms with van der Waals surface area (Å²) in [7, 11) is -2.03. The van der Waals surface area contributed by atoms with Gasteiger partial charge in [0.2, 0.25) is 11.8 Å². The van der Waals surface area contributed by atoms with Crippen LogP contribution in [0.4, 0.5) is 5.95 Å². The molecule has 164 valence electrons. The highest BCUT2D eigenvalue weighted by Crippen LogP contribution is 2.28. The van der Waals surface area contributed by atoms with Crippen LogP contribution in [0.25, 0.3) is 22.2 Å². The molecule has 9 heteroatoms. The summed E-state index contributed by atoms with van der Waals surface area (Å²) in [6.07, 6.45) is 1.92. The normalized spacial score (nSPS) is 11.4. The van der Waals surface area contributed by atoms with E-state index in [1.807, 2.05) is 49.6 Å². The zero-order valence-electron chi connectivity index (χ0n) is 17.6. The molecule has 0 unspecified atom stereocenters. The fourth-order valence-electron chi connectivity index (χ4n) is 3.36. The van der Waals surface area contributed by atoms with E-state index < -0.39 is 10.0 Å². The molecule has 0 aliphatic carbocycles. The van der Waals surface area contributed by atoms with Crippen molar-refractivity contribution in [1.29, 1.82) is 0 Å². The lowest BCUT2D eigenvalue weighted by molar-refractivity contribution is 0.463. The van der Waals surface area contributed by atoms with Gasteiger partial charge in [0.25, 0.3) is 10.0 Å². The van der Waals surface area contributed by atoms with E-state index >= 15 is 0 Å². The summed E-state index contributed by atoms with van der Waals surface area (Å²) in [6.45, 7) is 0. The van der Waals surface area contributed by atoms with Gasteiger partial charge in [-0.15, -0.1) is 0 Å². The van der Waals surface area contributed by atoms with Gasteiger partial charge in [-0.05, 0) is 30.3 Å². The second-order valence-electron chi connectivity index (χ2n) is 7.33. The minimum Gasteiger partial charge on any atom is -0.439 e. The van der Waals surface area contributed by atoms with Crippen molar-refractivity contribution < 1.29 is 13.2 Å². The lowest BCUT2D eigenvalue weighted by Crippen LogP contribution is -2.15. The van der Waals surface area contributed by atoms with Gasteiger partial charge in [-0.25, -0.2) is 18.1 Å². The Labute approximate surface area is 190 Å².